The zero-order valence-electron chi connectivity index (χ0n) is 15.6. The molecule has 0 heterocycles. The molecule has 2 rings (SSSR count). The van der Waals surface area contributed by atoms with Crippen molar-refractivity contribution in [1.82, 2.24) is 5.32 Å². The fraction of sp³-hybridized carbons (Fsp3) is 0.278. The van der Waals surface area contributed by atoms with Crippen molar-refractivity contribution in [3.05, 3.63) is 58.6 Å². The highest BCUT2D eigenvalue weighted by molar-refractivity contribution is 9.10. The number of benzene rings is 2. The molecule has 0 bridgehead atoms. The topological polar surface area (TPSA) is 101 Å². The Bertz CT molecular complexity index is 1070. The summed E-state index contributed by atoms with van der Waals surface area (Å²) >= 11 is 3.29. The monoisotopic (exact) mass is 488 g/mol. The molecule has 1 N–H and O–H groups in total. The first kappa shape index (κ1) is 22.4. The van der Waals surface area contributed by atoms with Crippen molar-refractivity contribution in [1.29, 1.82) is 0 Å². The predicted molar refractivity (Wildman–Crippen MR) is 112 cm³/mol. The van der Waals surface area contributed by atoms with Gasteiger partial charge in [0.1, 0.15) is 6.54 Å². The molecule has 0 radical (unpaired) electrons. The number of sulfonamides is 1. The molecule has 7 nitrogen and oxygen atoms in total. The molecule has 28 heavy (non-hydrogen) atoms. The second-order valence-corrected chi connectivity index (χ2v) is 11.2. The largest absolute Gasteiger partial charge is 0.348 e. The van der Waals surface area contributed by atoms with Crippen LogP contribution in [-0.4, -0.2) is 41.8 Å². The maximum atomic E-state index is 12.4. The van der Waals surface area contributed by atoms with Gasteiger partial charge in [-0.15, -0.1) is 0 Å². The molecule has 0 aromatic heterocycles. The van der Waals surface area contributed by atoms with Gasteiger partial charge in [-0.05, 0) is 42.8 Å². The smallest absolute Gasteiger partial charge is 0.241 e. The van der Waals surface area contributed by atoms with Gasteiger partial charge in [-0.25, -0.2) is 16.8 Å². The summed E-state index contributed by atoms with van der Waals surface area (Å²) in [6.07, 6.45) is 2.16. The molecule has 1 amide bonds. The van der Waals surface area contributed by atoms with Crippen LogP contribution in [0.2, 0.25) is 0 Å². The van der Waals surface area contributed by atoms with E-state index in [9.17, 15) is 21.6 Å². The number of anilines is 1. The lowest BCUT2D eigenvalue weighted by atomic mass is 10.1. The third-order valence-electron chi connectivity index (χ3n) is 3.97. The van der Waals surface area contributed by atoms with Crippen LogP contribution in [0.15, 0.2) is 57.9 Å². The molecule has 0 unspecified atom stereocenters. The van der Waals surface area contributed by atoms with E-state index in [4.69, 9.17) is 0 Å². The summed E-state index contributed by atoms with van der Waals surface area (Å²) in [4.78, 5) is 12.6. The van der Waals surface area contributed by atoms with Crippen molar-refractivity contribution in [3.8, 4) is 0 Å². The Morgan fingerprint density at radius 2 is 1.68 bits per heavy atom. The first-order valence-corrected chi connectivity index (χ1v) is 12.7. The van der Waals surface area contributed by atoms with E-state index in [2.05, 4.69) is 21.2 Å². The number of hydrogen-bond acceptors (Lipinski definition) is 5. The van der Waals surface area contributed by atoms with Gasteiger partial charge in [-0.3, -0.25) is 9.10 Å². The molecule has 152 valence electrons. The standard InChI is InChI=1S/C18H21BrN2O5S2/c1-13(14-7-9-17(10-8-14)27(2,23)24)20-18(22)12-21(28(3,25)26)16-6-4-5-15(19)11-16/h4-11,13H,12H2,1-3H3,(H,20,22)/t13-/m1/s1. The molecule has 10 heteroatoms. The number of amides is 1. The van der Waals surface area contributed by atoms with Crippen LogP contribution < -0.4 is 9.62 Å². The van der Waals surface area contributed by atoms with E-state index >= 15 is 0 Å². The van der Waals surface area contributed by atoms with Gasteiger partial charge in [0.05, 0.1) is 22.9 Å². The zero-order valence-corrected chi connectivity index (χ0v) is 18.8. The Morgan fingerprint density at radius 1 is 1.07 bits per heavy atom. The van der Waals surface area contributed by atoms with Crippen molar-refractivity contribution in [2.24, 2.45) is 0 Å². The van der Waals surface area contributed by atoms with Crippen molar-refractivity contribution in [2.45, 2.75) is 17.9 Å². The number of nitrogens with one attached hydrogen (secondary N) is 1. The van der Waals surface area contributed by atoms with Gasteiger partial charge >= 0.3 is 0 Å². The highest BCUT2D eigenvalue weighted by Gasteiger charge is 2.22. The molecule has 0 aliphatic rings. The molecule has 2 aromatic carbocycles. The molecule has 0 fully saturated rings. The molecule has 1 atom stereocenters. The van der Waals surface area contributed by atoms with Crippen molar-refractivity contribution < 1.29 is 21.6 Å². The van der Waals surface area contributed by atoms with Crippen molar-refractivity contribution >= 4 is 47.4 Å². The molecule has 2 aromatic rings. The van der Waals surface area contributed by atoms with Crippen LogP contribution in [0.3, 0.4) is 0 Å². The maximum absolute atomic E-state index is 12.4. The van der Waals surface area contributed by atoms with Gasteiger partial charge in [0.15, 0.2) is 9.84 Å². The molecular weight excluding hydrogens is 468 g/mol. The Labute approximate surface area is 173 Å². The van der Waals surface area contributed by atoms with E-state index in [1.165, 1.54) is 12.1 Å². The molecule has 0 saturated heterocycles. The minimum Gasteiger partial charge on any atom is -0.348 e. The zero-order chi connectivity index (χ0) is 21.1. The maximum Gasteiger partial charge on any atom is 0.241 e. The van der Waals surface area contributed by atoms with Crippen LogP contribution in [0.4, 0.5) is 5.69 Å². The second kappa shape index (κ2) is 8.62. The van der Waals surface area contributed by atoms with E-state index in [0.29, 0.717) is 15.7 Å². The van der Waals surface area contributed by atoms with Crippen LogP contribution in [0.5, 0.6) is 0 Å². The highest BCUT2D eigenvalue weighted by atomic mass is 79.9. The second-order valence-electron chi connectivity index (χ2n) is 6.38. The van der Waals surface area contributed by atoms with Gasteiger partial charge < -0.3 is 5.32 Å². The number of rotatable bonds is 7. The summed E-state index contributed by atoms with van der Waals surface area (Å²) in [6.45, 7) is 1.36. The summed E-state index contributed by atoms with van der Waals surface area (Å²) < 4.78 is 49.1. The van der Waals surface area contributed by atoms with E-state index in [0.717, 1.165) is 16.8 Å². The quantitative estimate of drug-likeness (QED) is 0.644. The molecule has 0 saturated carbocycles. The minimum absolute atomic E-state index is 0.188. The Morgan fingerprint density at radius 3 is 2.18 bits per heavy atom. The number of hydrogen-bond donors (Lipinski definition) is 1. The van der Waals surface area contributed by atoms with E-state index in [1.54, 1.807) is 43.3 Å². The van der Waals surface area contributed by atoms with Crippen LogP contribution in [0.1, 0.15) is 18.5 Å². The Kier molecular flexibility index (Phi) is 6.89. The predicted octanol–water partition coefficient (Wildman–Crippen LogP) is 2.50. The lowest BCUT2D eigenvalue weighted by Gasteiger charge is -2.23. The fourth-order valence-corrected chi connectivity index (χ4v) is 4.40. The van der Waals surface area contributed by atoms with E-state index in [1.807, 2.05) is 0 Å². The molecule has 0 spiro atoms. The summed E-state index contributed by atoms with van der Waals surface area (Å²) in [5.74, 6) is -0.481. The highest BCUT2D eigenvalue weighted by Crippen LogP contribution is 2.22. The molecule has 0 aliphatic carbocycles. The number of carbonyl (C=O) groups excluding carboxylic acids is 1. The summed E-state index contributed by atoms with van der Waals surface area (Å²) in [5.41, 5.74) is 1.08. The third kappa shape index (κ3) is 6.05. The van der Waals surface area contributed by atoms with Crippen LogP contribution in [-0.2, 0) is 24.7 Å². The van der Waals surface area contributed by atoms with Gasteiger partial charge in [0, 0.05) is 10.7 Å². The summed E-state index contributed by atoms with van der Waals surface area (Å²) in [5, 5.41) is 2.74. The Hall–Kier alpha value is -1.91. The van der Waals surface area contributed by atoms with Crippen molar-refractivity contribution in [3.63, 3.8) is 0 Å². The normalized spacial score (nSPS) is 13.0. The summed E-state index contributed by atoms with van der Waals surface area (Å²) in [7, 11) is -6.97. The SMILES string of the molecule is C[C@@H](NC(=O)CN(c1cccc(Br)c1)S(C)(=O)=O)c1ccc(S(C)(=O)=O)cc1. The number of halogens is 1. The number of sulfone groups is 1. The van der Waals surface area contributed by atoms with Crippen LogP contribution >= 0.6 is 15.9 Å². The van der Waals surface area contributed by atoms with Crippen LogP contribution in [0, 0.1) is 0 Å². The van der Waals surface area contributed by atoms with Gasteiger partial charge in [-0.1, -0.05) is 34.1 Å². The van der Waals surface area contributed by atoms with Gasteiger partial charge in [0.2, 0.25) is 15.9 Å². The van der Waals surface area contributed by atoms with Gasteiger partial charge in [0.25, 0.3) is 0 Å². The van der Waals surface area contributed by atoms with E-state index < -0.39 is 31.8 Å². The summed E-state index contributed by atoms with van der Waals surface area (Å²) in [6, 6.07) is 12.4. The lowest BCUT2D eigenvalue weighted by Crippen LogP contribution is -2.41. The average molecular weight is 489 g/mol. The number of carbonyl (C=O) groups is 1. The van der Waals surface area contributed by atoms with Gasteiger partial charge in [-0.2, -0.15) is 0 Å². The van der Waals surface area contributed by atoms with E-state index in [-0.39, 0.29) is 11.4 Å². The Balaban J connectivity index is 2.14. The molecule has 0 aliphatic heterocycles. The fourth-order valence-electron chi connectivity index (χ4n) is 2.54. The number of nitrogens with zero attached hydrogens (tertiary/aromatic N) is 1. The average Bonchev–Trinajstić information content (AvgIpc) is 2.58. The van der Waals surface area contributed by atoms with Crippen molar-refractivity contribution in [2.75, 3.05) is 23.4 Å². The molecular formula is C18H21BrN2O5S2. The third-order valence-corrected chi connectivity index (χ3v) is 6.73. The first-order chi connectivity index (χ1) is 12.9. The first-order valence-electron chi connectivity index (χ1n) is 8.20. The minimum atomic E-state index is -3.67. The lowest BCUT2D eigenvalue weighted by molar-refractivity contribution is -0.120. The van der Waals surface area contributed by atoms with Crippen LogP contribution in [0.25, 0.3) is 0 Å².